The zero-order valence-electron chi connectivity index (χ0n) is 14.4. The van der Waals surface area contributed by atoms with Gasteiger partial charge in [0.25, 0.3) is 0 Å². The summed E-state index contributed by atoms with van der Waals surface area (Å²) in [5, 5.41) is 0.462. The highest BCUT2D eigenvalue weighted by Gasteiger charge is 2.21. The van der Waals surface area contributed by atoms with E-state index in [0.29, 0.717) is 40.8 Å². The van der Waals surface area contributed by atoms with Gasteiger partial charge in [-0.05, 0) is 31.0 Å². The van der Waals surface area contributed by atoms with Gasteiger partial charge in [-0.1, -0.05) is 48.0 Å². The molecule has 132 valence electrons. The fourth-order valence-corrected chi connectivity index (χ4v) is 2.93. The molecule has 0 aliphatic carbocycles. The van der Waals surface area contributed by atoms with Crippen molar-refractivity contribution in [2.75, 3.05) is 0 Å². The quantitative estimate of drug-likeness (QED) is 0.725. The number of rotatable bonds is 6. The number of nitrogens with zero attached hydrogens (tertiary/aromatic N) is 3. The van der Waals surface area contributed by atoms with Crippen molar-refractivity contribution in [3.63, 3.8) is 0 Å². The normalized spacial score (nSPS) is 11.9. The van der Waals surface area contributed by atoms with Crippen LogP contribution < -0.4 is 5.73 Å². The predicted molar refractivity (Wildman–Crippen MR) is 102 cm³/mol. The molecule has 1 aromatic carbocycles. The first-order valence-electron chi connectivity index (χ1n) is 8.32. The monoisotopic (exact) mass is 366 g/mol. The van der Waals surface area contributed by atoms with E-state index in [-0.39, 0.29) is 5.91 Å². The molecule has 0 aliphatic rings. The molecule has 1 unspecified atom stereocenters. The number of aryl methyl sites for hydroxylation is 1. The summed E-state index contributed by atoms with van der Waals surface area (Å²) in [6.45, 7) is 1.82. The second-order valence-electron chi connectivity index (χ2n) is 6.10. The Morgan fingerprint density at radius 2 is 1.81 bits per heavy atom. The van der Waals surface area contributed by atoms with Gasteiger partial charge in [-0.2, -0.15) is 0 Å². The largest absolute Gasteiger partial charge is 0.369 e. The lowest BCUT2D eigenvalue weighted by molar-refractivity contribution is -0.121. The Balaban J connectivity index is 1.91. The fourth-order valence-electron chi connectivity index (χ4n) is 2.77. The van der Waals surface area contributed by atoms with Crippen LogP contribution in [0.2, 0.25) is 5.02 Å². The Kier molecular flexibility index (Phi) is 5.58. The van der Waals surface area contributed by atoms with E-state index >= 15 is 0 Å². The van der Waals surface area contributed by atoms with Crippen molar-refractivity contribution in [2.45, 2.75) is 19.8 Å². The van der Waals surface area contributed by atoms with Gasteiger partial charge in [-0.15, -0.1) is 0 Å². The molecule has 0 saturated carbocycles. The van der Waals surface area contributed by atoms with Crippen LogP contribution in [0.5, 0.6) is 0 Å². The van der Waals surface area contributed by atoms with Crippen molar-refractivity contribution < 1.29 is 4.79 Å². The Labute approximate surface area is 157 Å². The van der Waals surface area contributed by atoms with Crippen molar-refractivity contribution in [2.24, 2.45) is 11.7 Å². The zero-order valence-corrected chi connectivity index (χ0v) is 15.1. The van der Waals surface area contributed by atoms with E-state index < -0.39 is 5.92 Å². The minimum atomic E-state index is -0.402. The van der Waals surface area contributed by atoms with Crippen LogP contribution in [0, 0.1) is 12.8 Å². The molecule has 0 radical (unpaired) electrons. The molecule has 3 aromatic rings. The standard InChI is InChI=1S/C20H19ClN4O/c1-13-18(21)17(25-20(24-13)16-9-5-6-10-23-16)12-15(19(22)26)11-14-7-3-2-4-8-14/h2-10,15H,11-12H2,1H3,(H2,22,26). The van der Waals surface area contributed by atoms with E-state index in [0.717, 1.165) is 5.56 Å². The van der Waals surface area contributed by atoms with Crippen LogP contribution in [-0.4, -0.2) is 20.9 Å². The van der Waals surface area contributed by atoms with Gasteiger partial charge < -0.3 is 5.73 Å². The van der Waals surface area contributed by atoms with Crippen LogP contribution >= 0.6 is 11.6 Å². The Morgan fingerprint density at radius 3 is 2.46 bits per heavy atom. The van der Waals surface area contributed by atoms with Gasteiger partial charge in [-0.3, -0.25) is 9.78 Å². The summed E-state index contributed by atoms with van der Waals surface area (Å²) in [5.74, 6) is -0.285. The molecule has 2 heterocycles. The third-order valence-corrected chi connectivity index (χ3v) is 4.64. The maximum absolute atomic E-state index is 12.0. The summed E-state index contributed by atoms with van der Waals surface area (Å²) < 4.78 is 0. The molecule has 26 heavy (non-hydrogen) atoms. The van der Waals surface area contributed by atoms with Crippen LogP contribution in [0.15, 0.2) is 54.7 Å². The minimum Gasteiger partial charge on any atom is -0.369 e. The lowest BCUT2D eigenvalue weighted by Gasteiger charge is -2.15. The summed E-state index contributed by atoms with van der Waals surface area (Å²) in [7, 11) is 0. The van der Waals surface area contributed by atoms with Crippen molar-refractivity contribution in [3.8, 4) is 11.5 Å². The molecule has 3 rings (SSSR count). The maximum Gasteiger partial charge on any atom is 0.221 e. The highest BCUT2D eigenvalue weighted by Crippen LogP contribution is 2.25. The lowest BCUT2D eigenvalue weighted by Crippen LogP contribution is -2.27. The number of primary amides is 1. The van der Waals surface area contributed by atoms with Gasteiger partial charge in [0, 0.05) is 18.5 Å². The lowest BCUT2D eigenvalue weighted by atomic mass is 9.94. The van der Waals surface area contributed by atoms with Gasteiger partial charge >= 0.3 is 0 Å². The highest BCUT2D eigenvalue weighted by atomic mass is 35.5. The van der Waals surface area contributed by atoms with Crippen molar-refractivity contribution >= 4 is 17.5 Å². The number of carbonyl (C=O) groups is 1. The summed E-state index contributed by atoms with van der Waals surface area (Å²) in [6, 6.07) is 15.3. The Bertz CT molecular complexity index is 900. The van der Waals surface area contributed by atoms with Crippen LogP contribution in [0.25, 0.3) is 11.5 Å². The maximum atomic E-state index is 12.0. The molecule has 5 nitrogen and oxygen atoms in total. The summed E-state index contributed by atoms with van der Waals surface area (Å²) in [4.78, 5) is 25.2. The van der Waals surface area contributed by atoms with Crippen LogP contribution in [0.1, 0.15) is 17.0 Å². The molecule has 0 saturated heterocycles. The van der Waals surface area contributed by atoms with Crippen molar-refractivity contribution in [3.05, 3.63) is 76.7 Å². The molecule has 2 aromatic heterocycles. The average molecular weight is 367 g/mol. The van der Waals surface area contributed by atoms with Crippen molar-refractivity contribution in [1.82, 2.24) is 15.0 Å². The first kappa shape index (κ1) is 18.0. The Hall–Kier alpha value is -2.79. The fraction of sp³-hybridized carbons (Fsp3) is 0.200. The number of amides is 1. The molecule has 0 aliphatic heterocycles. The third kappa shape index (κ3) is 4.24. The number of halogens is 1. The molecule has 2 N–H and O–H groups in total. The van der Waals surface area contributed by atoms with E-state index in [9.17, 15) is 4.79 Å². The van der Waals surface area contributed by atoms with Gasteiger partial charge in [0.1, 0.15) is 5.69 Å². The SMILES string of the molecule is Cc1nc(-c2ccccn2)nc(CC(Cc2ccccc2)C(N)=O)c1Cl. The van der Waals surface area contributed by atoms with E-state index in [1.165, 1.54) is 0 Å². The van der Waals surface area contributed by atoms with Gasteiger partial charge in [0.15, 0.2) is 5.82 Å². The van der Waals surface area contributed by atoms with E-state index in [4.69, 9.17) is 17.3 Å². The third-order valence-electron chi connectivity index (χ3n) is 4.15. The number of aromatic nitrogens is 3. The van der Waals surface area contributed by atoms with Crippen LogP contribution in [0.3, 0.4) is 0 Å². The molecule has 1 amide bonds. The number of nitrogens with two attached hydrogens (primary N) is 1. The number of benzene rings is 1. The van der Waals surface area contributed by atoms with Crippen molar-refractivity contribution in [1.29, 1.82) is 0 Å². The highest BCUT2D eigenvalue weighted by molar-refractivity contribution is 6.31. The first-order chi connectivity index (χ1) is 12.5. The van der Waals surface area contributed by atoms with Gasteiger partial charge in [0.05, 0.1) is 16.4 Å². The molecule has 6 heteroatoms. The second kappa shape index (κ2) is 8.06. The van der Waals surface area contributed by atoms with Gasteiger partial charge in [-0.25, -0.2) is 9.97 Å². The van der Waals surface area contributed by atoms with E-state index in [1.54, 1.807) is 6.20 Å². The topological polar surface area (TPSA) is 81.8 Å². The van der Waals surface area contributed by atoms with Gasteiger partial charge in [0.2, 0.25) is 5.91 Å². The number of pyridine rings is 1. The molecular formula is C20H19ClN4O. The molecule has 0 spiro atoms. The second-order valence-corrected chi connectivity index (χ2v) is 6.48. The smallest absolute Gasteiger partial charge is 0.221 e. The molecule has 1 atom stereocenters. The summed E-state index contributed by atoms with van der Waals surface area (Å²) >= 11 is 6.41. The van der Waals surface area contributed by atoms with Crippen LogP contribution in [-0.2, 0) is 17.6 Å². The summed E-state index contributed by atoms with van der Waals surface area (Å²) in [6.07, 6.45) is 2.57. The number of hydrogen-bond acceptors (Lipinski definition) is 4. The first-order valence-corrected chi connectivity index (χ1v) is 8.70. The van der Waals surface area contributed by atoms with E-state index in [2.05, 4.69) is 15.0 Å². The zero-order chi connectivity index (χ0) is 18.5. The molecule has 0 bridgehead atoms. The molecule has 0 fully saturated rings. The van der Waals surface area contributed by atoms with Crippen LogP contribution in [0.4, 0.5) is 0 Å². The number of carbonyl (C=O) groups excluding carboxylic acids is 1. The summed E-state index contributed by atoms with van der Waals surface area (Å²) in [5.41, 5.74) is 8.60. The predicted octanol–water partition coefficient (Wildman–Crippen LogP) is 3.39. The number of hydrogen-bond donors (Lipinski definition) is 1. The Morgan fingerprint density at radius 1 is 1.08 bits per heavy atom. The van der Waals surface area contributed by atoms with E-state index in [1.807, 2.05) is 55.5 Å². The minimum absolute atomic E-state index is 0.353. The molecular weight excluding hydrogens is 348 g/mol. The average Bonchev–Trinajstić information content (AvgIpc) is 2.66.